The van der Waals surface area contributed by atoms with Crippen LogP contribution in [0, 0.1) is 5.92 Å². The van der Waals surface area contributed by atoms with E-state index in [9.17, 15) is 14.4 Å². The van der Waals surface area contributed by atoms with Gasteiger partial charge in [-0.1, -0.05) is 12.8 Å². The number of rotatable bonds is 5. The second-order valence-electron chi connectivity index (χ2n) is 6.83. The maximum atomic E-state index is 12.5. The zero-order chi connectivity index (χ0) is 17.3. The number of aromatic nitrogens is 1. The van der Waals surface area contributed by atoms with Crippen molar-refractivity contribution in [3.05, 3.63) is 16.1 Å². The first-order valence-corrected chi connectivity index (χ1v) is 9.29. The minimum absolute atomic E-state index is 0.129. The second-order valence-corrected chi connectivity index (χ2v) is 7.86. The summed E-state index contributed by atoms with van der Waals surface area (Å²) in [4.78, 5) is 44.2. The quantitative estimate of drug-likeness (QED) is 0.764. The Hall–Kier alpha value is -1.76. The number of likely N-dealkylation sites (tertiary alicyclic amines) is 1. The molecule has 1 saturated carbocycles. The number of nitrogens with zero attached hydrogens (tertiary/aromatic N) is 3. The molecule has 130 valence electrons. The highest BCUT2D eigenvalue weighted by molar-refractivity contribution is 7.15. The second kappa shape index (κ2) is 7.01. The Morgan fingerprint density at radius 3 is 2.71 bits per heavy atom. The van der Waals surface area contributed by atoms with Gasteiger partial charge in [0.2, 0.25) is 5.91 Å². The highest BCUT2D eigenvalue weighted by Crippen LogP contribution is 2.30. The van der Waals surface area contributed by atoms with Gasteiger partial charge in [0.15, 0.2) is 10.8 Å². The monoisotopic (exact) mass is 349 g/mol. The number of carbonyl (C=O) groups excluding carboxylic acids is 3. The number of ketones is 1. The molecule has 1 aromatic heterocycles. The van der Waals surface area contributed by atoms with E-state index in [0.29, 0.717) is 28.9 Å². The van der Waals surface area contributed by atoms with Gasteiger partial charge in [-0.3, -0.25) is 14.4 Å². The molecule has 2 amide bonds. The van der Waals surface area contributed by atoms with Crippen molar-refractivity contribution in [1.82, 2.24) is 14.8 Å². The molecule has 2 fully saturated rings. The fraction of sp³-hybridized carbons (Fsp3) is 0.647. The summed E-state index contributed by atoms with van der Waals surface area (Å²) in [6.45, 7) is 2.75. The Morgan fingerprint density at radius 1 is 1.38 bits per heavy atom. The first-order valence-electron chi connectivity index (χ1n) is 8.47. The Labute approximate surface area is 145 Å². The van der Waals surface area contributed by atoms with Crippen molar-refractivity contribution in [2.24, 2.45) is 5.92 Å². The maximum absolute atomic E-state index is 12.5. The lowest BCUT2D eigenvalue weighted by Crippen LogP contribution is -2.36. The Morgan fingerprint density at radius 2 is 2.08 bits per heavy atom. The van der Waals surface area contributed by atoms with Crippen LogP contribution in [0.3, 0.4) is 0 Å². The van der Waals surface area contributed by atoms with Gasteiger partial charge in [-0.05, 0) is 12.8 Å². The predicted octanol–water partition coefficient (Wildman–Crippen LogP) is 2.21. The fourth-order valence-electron chi connectivity index (χ4n) is 3.69. The van der Waals surface area contributed by atoms with Crippen LogP contribution >= 0.6 is 11.3 Å². The highest BCUT2D eigenvalue weighted by atomic mass is 32.1. The van der Waals surface area contributed by atoms with Crippen LogP contribution in [0.25, 0.3) is 0 Å². The molecule has 1 aromatic rings. The zero-order valence-electron chi connectivity index (χ0n) is 14.2. The third kappa shape index (κ3) is 3.50. The molecule has 1 aliphatic carbocycles. The summed E-state index contributed by atoms with van der Waals surface area (Å²) in [6.07, 6.45) is 6.63. The normalized spacial score (nSPS) is 21.5. The molecule has 0 radical (unpaired) electrons. The predicted molar refractivity (Wildman–Crippen MR) is 91.2 cm³/mol. The van der Waals surface area contributed by atoms with Gasteiger partial charge in [-0.25, -0.2) is 4.98 Å². The number of amides is 2. The van der Waals surface area contributed by atoms with Gasteiger partial charge in [-0.15, -0.1) is 11.3 Å². The van der Waals surface area contributed by atoms with Crippen LogP contribution in [-0.4, -0.2) is 58.6 Å². The standard InChI is InChI=1S/C17H23N3O3S/c1-11(21)16-18-8-14(24-16)17(23)19(2)9-12-7-15(22)20(10-12)13-5-3-4-6-13/h8,12-13H,3-7,9-10H2,1-2H3. The zero-order valence-corrected chi connectivity index (χ0v) is 15.0. The van der Waals surface area contributed by atoms with E-state index >= 15 is 0 Å². The van der Waals surface area contributed by atoms with E-state index in [2.05, 4.69) is 4.98 Å². The van der Waals surface area contributed by atoms with E-state index < -0.39 is 0 Å². The average Bonchev–Trinajstić information content (AvgIpc) is 3.26. The molecular weight excluding hydrogens is 326 g/mol. The van der Waals surface area contributed by atoms with Crippen LogP contribution in [0.15, 0.2) is 6.20 Å². The summed E-state index contributed by atoms with van der Waals surface area (Å²) in [7, 11) is 1.75. The first kappa shape index (κ1) is 17.1. The summed E-state index contributed by atoms with van der Waals surface area (Å²) < 4.78 is 0. The molecule has 1 unspecified atom stereocenters. The van der Waals surface area contributed by atoms with E-state index in [0.717, 1.165) is 30.7 Å². The Balaban J connectivity index is 1.58. The molecule has 1 atom stereocenters. The molecule has 7 heteroatoms. The lowest BCUT2D eigenvalue weighted by Gasteiger charge is -2.25. The first-order chi connectivity index (χ1) is 11.5. The van der Waals surface area contributed by atoms with Gasteiger partial charge in [0.05, 0.1) is 6.20 Å². The summed E-state index contributed by atoms with van der Waals surface area (Å²) >= 11 is 1.13. The van der Waals surface area contributed by atoms with Gasteiger partial charge in [-0.2, -0.15) is 0 Å². The van der Waals surface area contributed by atoms with Crippen molar-refractivity contribution in [2.75, 3.05) is 20.1 Å². The van der Waals surface area contributed by atoms with Crippen LogP contribution in [0.1, 0.15) is 58.5 Å². The minimum Gasteiger partial charge on any atom is -0.341 e. The van der Waals surface area contributed by atoms with Crippen LogP contribution in [0.5, 0.6) is 0 Å². The Bertz CT molecular complexity index is 651. The van der Waals surface area contributed by atoms with E-state index in [1.165, 1.54) is 26.0 Å². The molecule has 3 rings (SSSR count). The minimum atomic E-state index is -0.133. The van der Waals surface area contributed by atoms with Crippen molar-refractivity contribution in [3.8, 4) is 0 Å². The van der Waals surface area contributed by atoms with Crippen molar-refractivity contribution in [3.63, 3.8) is 0 Å². The number of Topliss-reactive ketones (excluding diaryl/α,β-unsaturated/α-hetero) is 1. The van der Waals surface area contributed by atoms with E-state index in [-0.39, 0.29) is 23.5 Å². The highest BCUT2D eigenvalue weighted by Gasteiger charge is 2.36. The molecule has 0 N–H and O–H groups in total. The van der Waals surface area contributed by atoms with Gasteiger partial charge in [0.1, 0.15) is 4.88 Å². The smallest absolute Gasteiger partial charge is 0.265 e. The third-order valence-electron chi connectivity index (χ3n) is 4.90. The Kier molecular flexibility index (Phi) is 4.99. The maximum Gasteiger partial charge on any atom is 0.265 e. The third-order valence-corrected chi connectivity index (χ3v) is 5.99. The molecular formula is C17H23N3O3S. The number of hydrogen-bond acceptors (Lipinski definition) is 5. The molecule has 1 saturated heterocycles. The van der Waals surface area contributed by atoms with Gasteiger partial charge in [0, 0.05) is 45.4 Å². The SMILES string of the molecule is CC(=O)c1ncc(C(=O)N(C)CC2CC(=O)N(C3CCCC3)C2)s1. The molecule has 0 bridgehead atoms. The summed E-state index contributed by atoms with van der Waals surface area (Å²) in [6, 6.07) is 0.406. The van der Waals surface area contributed by atoms with Gasteiger partial charge in [0.25, 0.3) is 5.91 Å². The summed E-state index contributed by atoms with van der Waals surface area (Å²) in [5.41, 5.74) is 0. The van der Waals surface area contributed by atoms with Crippen LogP contribution < -0.4 is 0 Å². The van der Waals surface area contributed by atoms with Crippen LogP contribution in [-0.2, 0) is 4.79 Å². The molecule has 24 heavy (non-hydrogen) atoms. The summed E-state index contributed by atoms with van der Waals surface area (Å²) in [5, 5.41) is 0.357. The summed E-state index contributed by atoms with van der Waals surface area (Å²) in [5.74, 6) is 0.152. The largest absolute Gasteiger partial charge is 0.341 e. The average molecular weight is 349 g/mol. The van der Waals surface area contributed by atoms with Gasteiger partial charge >= 0.3 is 0 Å². The molecule has 1 aliphatic heterocycles. The molecule has 0 spiro atoms. The van der Waals surface area contributed by atoms with Crippen molar-refractivity contribution >= 4 is 28.9 Å². The number of thiazole rings is 1. The lowest BCUT2D eigenvalue weighted by atomic mass is 10.1. The van der Waals surface area contributed by atoms with Crippen molar-refractivity contribution < 1.29 is 14.4 Å². The van der Waals surface area contributed by atoms with E-state index in [1.807, 2.05) is 4.90 Å². The van der Waals surface area contributed by atoms with Crippen LogP contribution in [0.4, 0.5) is 0 Å². The van der Waals surface area contributed by atoms with Gasteiger partial charge < -0.3 is 9.80 Å². The number of carbonyl (C=O) groups is 3. The number of hydrogen-bond donors (Lipinski definition) is 0. The molecule has 0 aromatic carbocycles. The topological polar surface area (TPSA) is 70.6 Å². The van der Waals surface area contributed by atoms with Crippen LogP contribution in [0.2, 0.25) is 0 Å². The van der Waals surface area contributed by atoms with E-state index in [1.54, 1.807) is 11.9 Å². The molecule has 2 aliphatic rings. The van der Waals surface area contributed by atoms with Crippen molar-refractivity contribution in [1.29, 1.82) is 0 Å². The fourth-order valence-corrected chi connectivity index (χ4v) is 4.50. The van der Waals surface area contributed by atoms with Crippen molar-refractivity contribution in [2.45, 2.75) is 45.1 Å². The molecule has 6 nitrogen and oxygen atoms in total. The lowest BCUT2D eigenvalue weighted by molar-refractivity contribution is -0.129. The van der Waals surface area contributed by atoms with E-state index in [4.69, 9.17) is 0 Å². The molecule has 2 heterocycles.